The lowest BCUT2D eigenvalue weighted by atomic mass is 10.3. The minimum atomic E-state index is 0.332. The zero-order valence-electron chi connectivity index (χ0n) is 9.12. The molecule has 6 heteroatoms. The van der Waals surface area contributed by atoms with Crippen molar-refractivity contribution >= 4 is 11.6 Å². The second-order valence-corrected chi connectivity index (χ2v) is 3.85. The van der Waals surface area contributed by atoms with Crippen molar-refractivity contribution in [3.05, 3.63) is 48.0 Å². The van der Waals surface area contributed by atoms with Gasteiger partial charge in [-0.3, -0.25) is 4.98 Å². The van der Waals surface area contributed by atoms with Crippen molar-refractivity contribution in [2.45, 2.75) is 0 Å². The highest BCUT2D eigenvalue weighted by Gasteiger charge is 2.13. The Bertz CT molecular complexity index is 669. The third-order valence-electron chi connectivity index (χ3n) is 2.32. The topological polar surface area (TPSA) is 64.7 Å². The van der Waals surface area contributed by atoms with Gasteiger partial charge in [0.1, 0.15) is 5.15 Å². The van der Waals surface area contributed by atoms with Crippen molar-refractivity contribution < 1.29 is 4.42 Å². The fraction of sp³-hybridized carbons (Fsp3) is 0. The van der Waals surface area contributed by atoms with Gasteiger partial charge in [-0.25, -0.2) is 4.98 Å². The van der Waals surface area contributed by atoms with Crippen molar-refractivity contribution in [1.82, 2.24) is 20.2 Å². The third-order valence-corrected chi connectivity index (χ3v) is 2.62. The predicted molar refractivity (Wildman–Crippen MR) is 65.8 cm³/mol. The van der Waals surface area contributed by atoms with Crippen LogP contribution in [0.1, 0.15) is 0 Å². The Balaban J connectivity index is 2.03. The van der Waals surface area contributed by atoms with Gasteiger partial charge in [0, 0.05) is 18.6 Å². The maximum absolute atomic E-state index is 5.96. The first-order chi connectivity index (χ1) is 8.84. The summed E-state index contributed by atoms with van der Waals surface area (Å²) in [7, 11) is 0. The van der Waals surface area contributed by atoms with Gasteiger partial charge in [0.05, 0.1) is 11.1 Å². The normalized spacial score (nSPS) is 10.5. The van der Waals surface area contributed by atoms with Crippen molar-refractivity contribution in [3.63, 3.8) is 0 Å². The molecule has 0 bridgehead atoms. The van der Waals surface area contributed by atoms with Crippen LogP contribution < -0.4 is 0 Å². The predicted octanol–water partition coefficient (Wildman–Crippen LogP) is 2.85. The molecule has 3 aromatic rings. The number of aromatic nitrogens is 4. The number of nitrogens with zero attached hydrogens (tertiary/aromatic N) is 4. The van der Waals surface area contributed by atoms with Gasteiger partial charge in [-0.15, -0.1) is 10.2 Å². The first-order valence-electron chi connectivity index (χ1n) is 5.19. The van der Waals surface area contributed by atoms with E-state index in [-0.39, 0.29) is 0 Å². The van der Waals surface area contributed by atoms with Gasteiger partial charge in [0.25, 0.3) is 5.89 Å². The zero-order valence-corrected chi connectivity index (χ0v) is 9.87. The fourth-order valence-electron chi connectivity index (χ4n) is 1.48. The fourth-order valence-corrected chi connectivity index (χ4v) is 1.68. The lowest BCUT2D eigenvalue weighted by molar-refractivity contribution is 0.584. The second kappa shape index (κ2) is 4.54. The van der Waals surface area contributed by atoms with E-state index in [0.29, 0.717) is 22.5 Å². The van der Waals surface area contributed by atoms with Crippen LogP contribution in [0.3, 0.4) is 0 Å². The van der Waals surface area contributed by atoms with E-state index < -0.39 is 0 Å². The van der Waals surface area contributed by atoms with E-state index in [9.17, 15) is 0 Å². The van der Waals surface area contributed by atoms with Gasteiger partial charge >= 0.3 is 0 Å². The molecule has 5 nitrogen and oxygen atoms in total. The molecule has 0 unspecified atom stereocenters. The number of hydrogen-bond acceptors (Lipinski definition) is 5. The van der Waals surface area contributed by atoms with Crippen LogP contribution in [0.4, 0.5) is 0 Å². The Kier molecular flexibility index (Phi) is 2.74. The van der Waals surface area contributed by atoms with Gasteiger partial charge in [-0.05, 0) is 24.3 Å². The van der Waals surface area contributed by atoms with E-state index in [1.165, 1.54) is 0 Å². The molecule has 0 aliphatic carbocycles. The van der Waals surface area contributed by atoms with Crippen LogP contribution in [0.2, 0.25) is 5.15 Å². The molecule has 18 heavy (non-hydrogen) atoms. The minimum absolute atomic E-state index is 0.332. The third kappa shape index (κ3) is 1.96. The smallest absolute Gasteiger partial charge is 0.251 e. The molecule has 3 aromatic heterocycles. The highest BCUT2D eigenvalue weighted by Crippen LogP contribution is 2.27. The zero-order chi connectivity index (χ0) is 12.4. The van der Waals surface area contributed by atoms with Crippen LogP contribution in [0.15, 0.2) is 47.3 Å². The molecule has 0 saturated heterocycles. The molecule has 3 heterocycles. The largest absolute Gasteiger partial charge is 0.416 e. The van der Waals surface area contributed by atoms with Crippen LogP contribution >= 0.6 is 11.6 Å². The quantitative estimate of drug-likeness (QED) is 0.661. The molecule has 0 aliphatic heterocycles. The highest BCUT2D eigenvalue weighted by atomic mass is 35.5. The van der Waals surface area contributed by atoms with E-state index in [1.807, 2.05) is 6.07 Å². The van der Waals surface area contributed by atoms with Crippen molar-refractivity contribution in [3.8, 4) is 22.9 Å². The summed E-state index contributed by atoms with van der Waals surface area (Å²) in [6, 6.07) is 7.18. The molecular formula is C12H7ClN4O. The first-order valence-corrected chi connectivity index (χ1v) is 5.57. The summed E-state index contributed by atoms with van der Waals surface area (Å²) in [5.41, 5.74) is 1.37. The molecule has 0 spiro atoms. The van der Waals surface area contributed by atoms with Crippen molar-refractivity contribution in [1.29, 1.82) is 0 Å². The van der Waals surface area contributed by atoms with Gasteiger partial charge in [-0.1, -0.05) is 11.6 Å². The summed E-state index contributed by atoms with van der Waals surface area (Å²) in [4.78, 5) is 7.96. The molecular weight excluding hydrogens is 252 g/mol. The van der Waals surface area contributed by atoms with E-state index in [4.69, 9.17) is 16.0 Å². The molecule has 0 radical (unpaired) electrons. The standard InChI is InChI=1S/C12H7ClN4O/c13-10-9(4-2-6-15-10)12-17-16-11(18-12)8-3-1-5-14-7-8/h1-7H. The number of rotatable bonds is 2. The minimum Gasteiger partial charge on any atom is -0.416 e. The summed E-state index contributed by atoms with van der Waals surface area (Å²) in [6.45, 7) is 0. The lowest BCUT2D eigenvalue weighted by Crippen LogP contribution is -1.81. The Morgan fingerprint density at radius 2 is 1.83 bits per heavy atom. The Hall–Kier alpha value is -2.27. The van der Waals surface area contributed by atoms with Crippen LogP contribution in [-0.2, 0) is 0 Å². The Labute approximate surface area is 107 Å². The number of pyridine rings is 2. The average Bonchev–Trinajstić information content (AvgIpc) is 2.90. The van der Waals surface area contributed by atoms with E-state index in [0.717, 1.165) is 5.56 Å². The van der Waals surface area contributed by atoms with Crippen LogP contribution in [0.5, 0.6) is 0 Å². The highest BCUT2D eigenvalue weighted by molar-refractivity contribution is 6.31. The SMILES string of the molecule is Clc1ncccc1-c1nnc(-c2cccnc2)o1. The summed E-state index contributed by atoms with van der Waals surface area (Å²) >= 11 is 5.96. The van der Waals surface area contributed by atoms with Gasteiger partial charge in [-0.2, -0.15) is 0 Å². The maximum Gasteiger partial charge on any atom is 0.251 e. The first kappa shape index (κ1) is 10.9. The summed E-state index contributed by atoms with van der Waals surface area (Å²) in [5, 5.41) is 8.25. The Morgan fingerprint density at radius 1 is 1.00 bits per heavy atom. The molecule has 0 atom stereocenters. The molecule has 3 rings (SSSR count). The molecule has 0 amide bonds. The number of halogens is 1. The van der Waals surface area contributed by atoms with E-state index in [2.05, 4.69) is 20.2 Å². The second-order valence-electron chi connectivity index (χ2n) is 3.50. The van der Waals surface area contributed by atoms with Crippen LogP contribution in [-0.4, -0.2) is 20.2 Å². The molecule has 88 valence electrons. The van der Waals surface area contributed by atoms with Crippen LogP contribution in [0.25, 0.3) is 22.9 Å². The summed E-state index contributed by atoms with van der Waals surface area (Å²) in [5.74, 6) is 0.741. The average molecular weight is 259 g/mol. The monoisotopic (exact) mass is 258 g/mol. The van der Waals surface area contributed by atoms with Crippen molar-refractivity contribution in [2.75, 3.05) is 0 Å². The van der Waals surface area contributed by atoms with E-state index in [1.54, 1.807) is 36.8 Å². The molecule has 0 aromatic carbocycles. The van der Waals surface area contributed by atoms with E-state index >= 15 is 0 Å². The molecule has 0 saturated carbocycles. The number of hydrogen-bond donors (Lipinski definition) is 0. The molecule has 0 aliphatic rings. The van der Waals surface area contributed by atoms with Crippen LogP contribution in [0, 0.1) is 0 Å². The summed E-state index contributed by atoms with van der Waals surface area (Å²) in [6.07, 6.45) is 4.94. The molecule has 0 N–H and O–H groups in total. The molecule has 0 fully saturated rings. The van der Waals surface area contributed by atoms with Gasteiger partial charge in [0.15, 0.2) is 0 Å². The van der Waals surface area contributed by atoms with Gasteiger partial charge < -0.3 is 4.42 Å². The Morgan fingerprint density at radius 3 is 2.61 bits per heavy atom. The van der Waals surface area contributed by atoms with Gasteiger partial charge in [0.2, 0.25) is 5.89 Å². The van der Waals surface area contributed by atoms with Crippen molar-refractivity contribution in [2.24, 2.45) is 0 Å². The maximum atomic E-state index is 5.96. The summed E-state index contributed by atoms with van der Waals surface area (Å²) < 4.78 is 5.55. The lowest BCUT2D eigenvalue weighted by Gasteiger charge is -1.96.